The van der Waals surface area contributed by atoms with Gasteiger partial charge >= 0.3 is 10.1 Å². The van der Waals surface area contributed by atoms with Crippen LogP contribution in [0, 0.1) is 0 Å². The second-order valence-electron chi connectivity index (χ2n) is 2.86. The van der Waals surface area contributed by atoms with Crippen LogP contribution < -0.4 is 0 Å². The first-order valence-electron chi connectivity index (χ1n) is 3.46. The van der Waals surface area contributed by atoms with Gasteiger partial charge in [0.15, 0.2) is 6.54 Å². The normalized spacial score (nSPS) is 37.2. The molecule has 0 spiro atoms. The molecule has 1 fully saturated rings. The Balaban J connectivity index is 2.60. The molecular weight excluding hydrogens is 170 g/mol. The Kier molecular flexibility index (Phi) is 1.96. The van der Waals surface area contributed by atoms with Crippen molar-refractivity contribution in [3.8, 4) is 0 Å². The zero-order valence-electron chi connectivity index (χ0n) is 6.27. The van der Waals surface area contributed by atoms with Gasteiger partial charge in [-0.15, -0.1) is 0 Å². The third-order valence-electron chi connectivity index (χ3n) is 1.83. The van der Waals surface area contributed by atoms with Crippen LogP contribution in [0.15, 0.2) is 0 Å². The molecule has 1 aliphatic rings. The highest BCUT2D eigenvalue weighted by atomic mass is 32.2. The van der Waals surface area contributed by atoms with E-state index in [4.69, 9.17) is 4.55 Å². The quantitative estimate of drug-likeness (QED) is 0.361. The molecule has 66 valence electrons. The van der Waals surface area contributed by atoms with Crippen molar-refractivity contribution in [1.29, 1.82) is 0 Å². The highest BCUT2D eigenvalue weighted by molar-refractivity contribution is 7.86. The molecule has 0 aromatic rings. The zero-order valence-corrected chi connectivity index (χ0v) is 7.08. The molecule has 0 aliphatic carbocycles. The lowest BCUT2D eigenvalue weighted by atomic mass is 10.5. The van der Waals surface area contributed by atoms with E-state index >= 15 is 0 Å². The molecule has 0 radical (unpaired) electrons. The summed E-state index contributed by atoms with van der Waals surface area (Å²) < 4.78 is 28.9. The van der Waals surface area contributed by atoms with Crippen LogP contribution in [0.25, 0.3) is 0 Å². The van der Waals surface area contributed by atoms with E-state index in [1.165, 1.54) is 0 Å². The van der Waals surface area contributed by atoms with Gasteiger partial charge in [-0.1, -0.05) is 6.92 Å². The molecule has 0 aromatic heterocycles. The van der Waals surface area contributed by atoms with E-state index in [9.17, 15) is 13.6 Å². The molecule has 0 bridgehead atoms. The molecule has 2 unspecified atom stereocenters. The lowest BCUT2D eigenvalue weighted by Gasteiger charge is -2.06. The van der Waals surface area contributed by atoms with E-state index in [0.29, 0.717) is 13.0 Å². The average molecular weight is 182 g/mol. The van der Waals surface area contributed by atoms with Crippen molar-refractivity contribution in [3.05, 3.63) is 0 Å². The number of quaternary nitrogens is 1. The molecule has 0 saturated carbocycles. The molecular formula is C5H12NO4S+. The number of hydrogen-bond acceptors (Lipinski definition) is 3. The summed E-state index contributed by atoms with van der Waals surface area (Å²) in [6.45, 7) is 2.34. The van der Waals surface area contributed by atoms with Crippen LogP contribution in [-0.2, 0) is 10.1 Å². The second kappa shape index (κ2) is 2.41. The van der Waals surface area contributed by atoms with Crippen LogP contribution in [0.4, 0.5) is 0 Å². The highest BCUT2D eigenvalue weighted by Crippen LogP contribution is 2.31. The van der Waals surface area contributed by atoms with Crippen LogP contribution in [-0.4, -0.2) is 41.3 Å². The van der Waals surface area contributed by atoms with Crippen molar-refractivity contribution in [2.45, 2.75) is 18.7 Å². The van der Waals surface area contributed by atoms with Crippen LogP contribution >= 0.6 is 0 Å². The highest BCUT2D eigenvalue weighted by Gasteiger charge is 2.63. The van der Waals surface area contributed by atoms with E-state index in [-0.39, 0.29) is 6.54 Å². The van der Waals surface area contributed by atoms with Crippen molar-refractivity contribution in [3.63, 3.8) is 0 Å². The molecule has 2 atom stereocenters. The summed E-state index contributed by atoms with van der Waals surface area (Å²) in [5.74, 6) is 0. The van der Waals surface area contributed by atoms with Crippen LogP contribution in [0.2, 0.25) is 0 Å². The van der Waals surface area contributed by atoms with E-state index in [1.807, 2.05) is 6.92 Å². The van der Waals surface area contributed by atoms with E-state index in [2.05, 4.69) is 0 Å². The van der Waals surface area contributed by atoms with E-state index in [1.54, 1.807) is 0 Å². The Hall–Kier alpha value is -0.170. The summed E-state index contributed by atoms with van der Waals surface area (Å²) in [6.07, 6.45) is 0.697. The number of nitrogens with zero attached hydrogens (tertiary/aromatic N) is 1. The minimum absolute atomic E-state index is 0.118. The minimum Gasteiger partial charge on any atom is -0.281 e. The fraction of sp³-hybridized carbons (Fsp3) is 1.00. The molecule has 11 heavy (non-hydrogen) atoms. The number of hydroxylamine groups is 3. The maximum Gasteiger partial charge on any atom is 0.328 e. The van der Waals surface area contributed by atoms with Crippen LogP contribution in [0.3, 0.4) is 0 Å². The summed E-state index contributed by atoms with van der Waals surface area (Å²) in [7, 11) is -4.04. The maximum atomic E-state index is 10.5. The van der Waals surface area contributed by atoms with Crippen molar-refractivity contribution in [1.82, 2.24) is 0 Å². The third kappa shape index (κ3) is 1.70. The Bertz CT molecular complexity index is 249. The van der Waals surface area contributed by atoms with Gasteiger partial charge in [-0.2, -0.15) is 13.1 Å². The molecule has 5 nitrogen and oxygen atoms in total. The number of hydrogen-bond donors (Lipinski definition) is 2. The molecule has 2 N–H and O–H groups in total. The van der Waals surface area contributed by atoms with E-state index in [0.717, 1.165) is 0 Å². The van der Waals surface area contributed by atoms with Crippen LogP contribution in [0.1, 0.15) is 13.3 Å². The SMILES string of the molecule is CCC[N+]1(O)CC1S(=O)(=O)O. The maximum absolute atomic E-state index is 10.5. The summed E-state index contributed by atoms with van der Waals surface area (Å²) in [5, 5.41) is 8.32. The fourth-order valence-corrected chi connectivity index (χ4v) is 2.24. The molecule has 0 aromatic carbocycles. The molecule has 0 amide bonds. The predicted octanol–water partition coefficient (Wildman–Crippen LogP) is -0.170. The van der Waals surface area contributed by atoms with Crippen molar-refractivity contribution < 1.29 is 22.8 Å². The first-order chi connectivity index (χ1) is 4.90. The average Bonchev–Trinajstić information content (AvgIpc) is 2.41. The Morgan fingerprint density at radius 3 is 2.45 bits per heavy atom. The molecule has 6 heteroatoms. The zero-order chi connectivity index (χ0) is 8.70. The van der Waals surface area contributed by atoms with Crippen LogP contribution in [0.5, 0.6) is 0 Å². The minimum atomic E-state index is -4.04. The third-order valence-corrected chi connectivity index (χ3v) is 3.06. The van der Waals surface area contributed by atoms with Gasteiger partial charge in [-0.25, -0.2) is 5.21 Å². The topological polar surface area (TPSA) is 74.6 Å². The lowest BCUT2D eigenvalue weighted by molar-refractivity contribution is -1.00. The van der Waals surface area contributed by atoms with Gasteiger partial charge in [0.1, 0.15) is 6.54 Å². The summed E-state index contributed by atoms with van der Waals surface area (Å²) >= 11 is 0. The summed E-state index contributed by atoms with van der Waals surface area (Å²) in [6, 6.07) is 0. The van der Waals surface area contributed by atoms with Gasteiger partial charge in [0.25, 0.3) is 5.37 Å². The van der Waals surface area contributed by atoms with Crippen molar-refractivity contribution >= 4 is 10.1 Å². The fourth-order valence-electron chi connectivity index (χ4n) is 1.19. The lowest BCUT2D eigenvalue weighted by Crippen LogP contribution is -2.28. The summed E-state index contributed by atoms with van der Waals surface area (Å²) in [4.78, 5) is 0. The first-order valence-corrected chi connectivity index (χ1v) is 4.96. The van der Waals surface area contributed by atoms with Gasteiger partial charge in [0, 0.05) is 0 Å². The monoisotopic (exact) mass is 182 g/mol. The van der Waals surface area contributed by atoms with Gasteiger partial charge in [0.2, 0.25) is 0 Å². The largest absolute Gasteiger partial charge is 0.328 e. The van der Waals surface area contributed by atoms with Gasteiger partial charge in [-0.05, 0) is 6.42 Å². The summed E-state index contributed by atoms with van der Waals surface area (Å²) in [5.41, 5.74) is 0. The molecule has 1 heterocycles. The number of rotatable bonds is 3. The Morgan fingerprint density at radius 2 is 2.18 bits per heavy atom. The molecule has 1 rings (SSSR count). The van der Waals surface area contributed by atoms with Gasteiger partial charge in [0.05, 0.1) is 0 Å². The Morgan fingerprint density at radius 1 is 1.64 bits per heavy atom. The van der Waals surface area contributed by atoms with Gasteiger partial charge < -0.3 is 0 Å². The molecule has 1 aliphatic heterocycles. The smallest absolute Gasteiger partial charge is 0.281 e. The Labute approximate surface area is 65.5 Å². The van der Waals surface area contributed by atoms with E-state index < -0.39 is 20.1 Å². The first kappa shape index (κ1) is 8.92. The standard InChI is InChI=1S/C5H11NO4S/c1-2-3-6(7)4-5(6)11(8,9)10/h5,7H,2-4H2,1H3/p+1. The van der Waals surface area contributed by atoms with Crippen molar-refractivity contribution in [2.24, 2.45) is 0 Å². The molecule has 1 saturated heterocycles. The second-order valence-corrected chi connectivity index (χ2v) is 4.44. The van der Waals surface area contributed by atoms with Crippen molar-refractivity contribution in [2.75, 3.05) is 13.1 Å². The predicted molar refractivity (Wildman–Crippen MR) is 37.4 cm³/mol. The van der Waals surface area contributed by atoms with Gasteiger partial charge in [-0.3, -0.25) is 4.55 Å².